The monoisotopic (exact) mass is 274 g/mol. The zero-order chi connectivity index (χ0) is 13.9. The number of sulfonamides is 1. The largest absolute Gasteiger partial charge is 0.455 e. The summed E-state index contributed by atoms with van der Waals surface area (Å²) in [5.74, 6) is 0.115. The van der Waals surface area contributed by atoms with Crippen molar-refractivity contribution in [2.75, 3.05) is 6.54 Å². The van der Waals surface area contributed by atoms with Gasteiger partial charge in [-0.15, -0.1) is 0 Å². The van der Waals surface area contributed by atoms with Gasteiger partial charge in [0.05, 0.1) is 0 Å². The number of aryl methyl sites for hydroxylation is 1. The fraction of sp³-hybridized carbons (Fsp3) is 0.545. The lowest BCUT2D eigenvalue weighted by Crippen LogP contribution is -2.24. The molecule has 0 aromatic carbocycles. The van der Waals surface area contributed by atoms with Gasteiger partial charge >= 0.3 is 0 Å². The van der Waals surface area contributed by atoms with Gasteiger partial charge in [0.1, 0.15) is 10.7 Å². The minimum Gasteiger partial charge on any atom is -0.455 e. The second kappa shape index (κ2) is 5.53. The van der Waals surface area contributed by atoms with Gasteiger partial charge in [0, 0.05) is 12.6 Å². The molecule has 0 aliphatic heterocycles. The topological polar surface area (TPSA) is 102 Å². The van der Waals surface area contributed by atoms with Gasteiger partial charge in [-0.2, -0.15) is 0 Å². The highest BCUT2D eigenvalue weighted by atomic mass is 32.2. The predicted molar refractivity (Wildman–Crippen MR) is 66.6 cm³/mol. The smallest absolute Gasteiger partial charge is 0.287 e. The van der Waals surface area contributed by atoms with Crippen LogP contribution in [0.25, 0.3) is 0 Å². The summed E-state index contributed by atoms with van der Waals surface area (Å²) < 4.78 is 27.4. The third-order valence-electron chi connectivity index (χ3n) is 2.41. The molecule has 3 N–H and O–H groups in total. The summed E-state index contributed by atoms with van der Waals surface area (Å²) in [4.78, 5) is 11.5. The number of hydrogen-bond acceptors (Lipinski definition) is 4. The molecular formula is C11H18N2O4S. The van der Waals surface area contributed by atoms with Crippen molar-refractivity contribution in [3.63, 3.8) is 0 Å². The van der Waals surface area contributed by atoms with Crippen LogP contribution in [0.15, 0.2) is 15.4 Å². The minimum absolute atomic E-state index is 0.0414. The molecule has 1 rings (SSSR count). The van der Waals surface area contributed by atoms with Crippen molar-refractivity contribution < 1.29 is 17.6 Å². The Labute approximate surface area is 107 Å². The summed E-state index contributed by atoms with van der Waals surface area (Å²) in [5, 5.41) is 7.65. The zero-order valence-electron chi connectivity index (χ0n) is 10.7. The second-order valence-electron chi connectivity index (χ2n) is 4.51. The summed E-state index contributed by atoms with van der Waals surface area (Å²) in [7, 11) is -3.85. The number of amides is 1. The molecule has 0 radical (unpaired) electrons. The standard InChI is InChI=1S/C11H18N2O4S/c1-7(2)4-5-13-11(14)9-6-10(8(3)17-9)18(12,15)16/h6-7H,4-5H2,1-3H3,(H,13,14)(H2,12,15,16). The average molecular weight is 274 g/mol. The average Bonchev–Trinajstić information content (AvgIpc) is 2.59. The Hall–Kier alpha value is -1.34. The number of furan rings is 1. The molecule has 0 atom stereocenters. The molecule has 0 unspecified atom stereocenters. The quantitative estimate of drug-likeness (QED) is 0.836. The van der Waals surface area contributed by atoms with Gasteiger partial charge < -0.3 is 9.73 Å². The predicted octanol–water partition coefficient (Wildman–Crippen LogP) is 1.01. The Kier molecular flexibility index (Phi) is 4.53. The number of primary sulfonamides is 1. The summed E-state index contributed by atoms with van der Waals surface area (Å²) in [6.45, 7) is 6.05. The molecule has 0 saturated heterocycles. The van der Waals surface area contributed by atoms with Gasteiger partial charge in [0.2, 0.25) is 10.0 Å². The number of carbonyl (C=O) groups excluding carboxylic acids is 1. The van der Waals surface area contributed by atoms with Crippen molar-refractivity contribution in [2.24, 2.45) is 11.1 Å². The molecule has 0 aliphatic carbocycles. The van der Waals surface area contributed by atoms with Crippen molar-refractivity contribution in [1.29, 1.82) is 0 Å². The SMILES string of the molecule is Cc1oc(C(=O)NCCC(C)C)cc1S(N)(=O)=O. The zero-order valence-corrected chi connectivity index (χ0v) is 11.5. The molecule has 0 aliphatic rings. The van der Waals surface area contributed by atoms with E-state index in [2.05, 4.69) is 5.32 Å². The summed E-state index contributed by atoms with van der Waals surface area (Å²) in [6, 6.07) is 1.15. The van der Waals surface area contributed by atoms with E-state index in [1.165, 1.54) is 6.92 Å². The van der Waals surface area contributed by atoms with Gasteiger partial charge in [-0.05, 0) is 19.3 Å². The number of hydrogen-bond donors (Lipinski definition) is 2. The molecular weight excluding hydrogens is 256 g/mol. The van der Waals surface area contributed by atoms with E-state index in [4.69, 9.17) is 9.56 Å². The van der Waals surface area contributed by atoms with E-state index in [1.807, 2.05) is 13.8 Å². The van der Waals surface area contributed by atoms with Crippen LogP contribution in [0.2, 0.25) is 0 Å². The Morgan fingerprint density at radius 3 is 2.56 bits per heavy atom. The van der Waals surface area contributed by atoms with Crippen LogP contribution in [-0.4, -0.2) is 20.9 Å². The van der Waals surface area contributed by atoms with Crippen LogP contribution in [0.3, 0.4) is 0 Å². The Morgan fingerprint density at radius 1 is 1.50 bits per heavy atom. The van der Waals surface area contributed by atoms with Crippen LogP contribution in [-0.2, 0) is 10.0 Å². The molecule has 1 aromatic heterocycles. The van der Waals surface area contributed by atoms with Gasteiger partial charge in [0.25, 0.3) is 5.91 Å². The lowest BCUT2D eigenvalue weighted by atomic mass is 10.1. The van der Waals surface area contributed by atoms with Gasteiger partial charge in [0.15, 0.2) is 5.76 Å². The first-order chi connectivity index (χ1) is 8.21. The lowest BCUT2D eigenvalue weighted by Gasteiger charge is -2.05. The fourth-order valence-corrected chi connectivity index (χ4v) is 2.13. The summed E-state index contributed by atoms with van der Waals surface area (Å²) >= 11 is 0. The molecule has 18 heavy (non-hydrogen) atoms. The first-order valence-electron chi connectivity index (χ1n) is 5.63. The maximum Gasteiger partial charge on any atom is 0.287 e. The normalized spacial score (nSPS) is 11.8. The van der Waals surface area contributed by atoms with Crippen molar-refractivity contribution in [1.82, 2.24) is 5.32 Å². The van der Waals surface area contributed by atoms with Crippen molar-refractivity contribution in [2.45, 2.75) is 32.1 Å². The maximum absolute atomic E-state index is 11.7. The van der Waals surface area contributed by atoms with Crippen LogP contribution in [0.1, 0.15) is 36.6 Å². The van der Waals surface area contributed by atoms with E-state index >= 15 is 0 Å². The van der Waals surface area contributed by atoms with Crippen LogP contribution in [0.5, 0.6) is 0 Å². The summed E-state index contributed by atoms with van der Waals surface area (Å²) in [5.41, 5.74) is 0. The molecule has 102 valence electrons. The van der Waals surface area contributed by atoms with Crippen LogP contribution in [0, 0.1) is 12.8 Å². The van der Waals surface area contributed by atoms with Gasteiger partial charge in [-0.3, -0.25) is 4.79 Å². The molecule has 7 heteroatoms. The second-order valence-corrected chi connectivity index (χ2v) is 6.04. The van der Waals surface area contributed by atoms with Gasteiger partial charge in [-0.1, -0.05) is 13.8 Å². The molecule has 0 saturated carbocycles. The molecule has 1 aromatic rings. The van der Waals surface area contributed by atoms with E-state index in [9.17, 15) is 13.2 Å². The summed E-state index contributed by atoms with van der Waals surface area (Å²) in [6.07, 6.45) is 0.841. The van der Waals surface area contributed by atoms with Crippen LogP contribution >= 0.6 is 0 Å². The molecule has 1 heterocycles. The molecule has 6 nitrogen and oxygen atoms in total. The van der Waals surface area contributed by atoms with E-state index in [1.54, 1.807) is 0 Å². The molecule has 1 amide bonds. The highest BCUT2D eigenvalue weighted by Gasteiger charge is 2.20. The first kappa shape index (κ1) is 14.7. The highest BCUT2D eigenvalue weighted by Crippen LogP contribution is 2.18. The van der Waals surface area contributed by atoms with Crippen LogP contribution in [0.4, 0.5) is 0 Å². The molecule has 0 bridgehead atoms. The lowest BCUT2D eigenvalue weighted by molar-refractivity contribution is 0.0923. The third-order valence-corrected chi connectivity index (χ3v) is 3.43. The highest BCUT2D eigenvalue weighted by molar-refractivity contribution is 7.89. The fourth-order valence-electron chi connectivity index (χ4n) is 1.42. The molecule has 0 fully saturated rings. The first-order valence-corrected chi connectivity index (χ1v) is 7.18. The minimum atomic E-state index is -3.85. The Balaban J connectivity index is 2.77. The third kappa shape index (κ3) is 3.85. The number of rotatable bonds is 5. The number of carbonyl (C=O) groups is 1. The van der Waals surface area contributed by atoms with Crippen molar-refractivity contribution in [3.8, 4) is 0 Å². The maximum atomic E-state index is 11.7. The van der Waals surface area contributed by atoms with E-state index in [0.29, 0.717) is 12.5 Å². The Morgan fingerprint density at radius 2 is 2.11 bits per heavy atom. The molecule has 0 spiro atoms. The van der Waals surface area contributed by atoms with E-state index < -0.39 is 15.9 Å². The van der Waals surface area contributed by atoms with E-state index in [-0.39, 0.29) is 16.4 Å². The van der Waals surface area contributed by atoms with E-state index in [0.717, 1.165) is 12.5 Å². The van der Waals surface area contributed by atoms with Crippen LogP contribution < -0.4 is 10.5 Å². The number of nitrogens with one attached hydrogen (secondary N) is 1. The van der Waals surface area contributed by atoms with Gasteiger partial charge in [-0.25, -0.2) is 13.6 Å². The Bertz CT molecular complexity index is 531. The number of nitrogens with two attached hydrogens (primary N) is 1. The van der Waals surface area contributed by atoms with Crippen molar-refractivity contribution in [3.05, 3.63) is 17.6 Å². The van der Waals surface area contributed by atoms with Crippen molar-refractivity contribution >= 4 is 15.9 Å².